The molecule has 0 aliphatic carbocycles. The van der Waals surface area contributed by atoms with Crippen molar-refractivity contribution >= 4 is 0 Å². The van der Waals surface area contributed by atoms with Crippen LogP contribution in [0.4, 0.5) is 4.39 Å². The Balaban J connectivity index is 3.65. The Morgan fingerprint density at radius 1 is 1.06 bits per heavy atom. The Bertz CT molecular complexity index is 403. The van der Waals surface area contributed by atoms with Crippen LogP contribution in [0, 0.1) is 19.7 Å². The van der Waals surface area contributed by atoms with Crippen LogP contribution in [-0.4, -0.2) is 14.2 Å². The molecule has 0 bridgehead atoms. The van der Waals surface area contributed by atoms with Crippen molar-refractivity contribution in [2.45, 2.75) is 26.8 Å². The maximum Gasteiger partial charge on any atom is 0.166 e. The molecule has 90 valence electrons. The van der Waals surface area contributed by atoms with Gasteiger partial charge in [0.1, 0.15) is 5.82 Å². The van der Waals surface area contributed by atoms with Crippen LogP contribution in [0.25, 0.3) is 0 Å². The van der Waals surface area contributed by atoms with E-state index in [4.69, 9.17) is 15.2 Å². The van der Waals surface area contributed by atoms with Crippen molar-refractivity contribution in [1.82, 2.24) is 0 Å². The second kappa shape index (κ2) is 4.70. The third kappa shape index (κ3) is 1.85. The molecule has 1 atom stereocenters. The summed E-state index contributed by atoms with van der Waals surface area (Å²) in [5.41, 5.74) is 7.45. The molecule has 1 aromatic carbocycles. The highest BCUT2D eigenvalue weighted by atomic mass is 19.1. The van der Waals surface area contributed by atoms with E-state index in [0.717, 1.165) is 0 Å². The SMILES string of the molecule is COc1c(C)c(F)c(C)c(C(C)N)c1OC. The molecule has 0 amide bonds. The zero-order valence-electron chi connectivity index (χ0n) is 10.3. The van der Waals surface area contributed by atoms with Crippen molar-refractivity contribution in [3.63, 3.8) is 0 Å². The lowest BCUT2D eigenvalue weighted by molar-refractivity contribution is 0.344. The normalized spacial score (nSPS) is 12.4. The van der Waals surface area contributed by atoms with Crippen molar-refractivity contribution in [2.75, 3.05) is 14.2 Å². The summed E-state index contributed by atoms with van der Waals surface area (Å²) in [6.45, 7) is 5.15. The summed E-state index contributed by atoms with van der Waals surface area (Å²) in [5, 5.41) is 0. The van der Waals surface area contributed by atoms with Gasteiger partial charge in [0.25, 0.3) is 0 Å². The molecule has 0 saturated carbocycles. The second-order valence-electron chi connectivity index (χ2n) is 3.83. The van der Waals surface area contributed by atoms with Crippen LogP contribution in [0.5, 0.6) is 11.5 Å². The highest BCUT2D eigenvalue weighted by molar-refractivity contribution is 5.56. The standard InChI is InChI=1S/C12H18FNO2/c1-6-9(8(3)14)12(16-5)11(15-4)7(2)10(6)13/h8H,14H2,1-5H3. The molecule has 2 N–H and O–H groups in total. The monoisotopic (exact) mass is 227 g/mol. The first-order chi connectivity index (χ1) is 7.45. The van der Waals surface area contributed by atoms with Gasteiger partial charge in [-0.1, -0.05) is 0 Å². The van der Waals surface area contributed by atoms with E-state index >= 15 is 0 Å². The van der Waals surface area contributed by atoms with Crippen molar-refractivity contribution in [3.8, 4) is 11.5 Å². The van der Waals surface area contributed by atoms with Crippen molar-refractivity contribution < 1.29 is 13.9 Å². The largest absolute Gasteiger partial charge is 0.492 e. The van der Waals surface area contributed by atoms with Gasteiger partial charge in [0, 0.05) is 17.2 Å². The average molecular weight is 227 g/mol. The summed E-state index contributed by atoms with van der Waals surface area (Å²) in [7, 11) is 3.02. The molecule has 0 fully saturated rings. The van der Waals surface area contributed by atoms with Crippen molar-refractivity contribution in [3.05, 3.63) is 22.5 Å². The van der Waals surface area contributed by atoms with E-state index in [1.54, 1.807) is 20.8 Å². The van der Waals surface area contributed by atoms with Crippen LogP contribution in [0.2, 0.25) is 0 Å². The topological polar surface area (TPSA) is 44.5 Å². The Kier molecular flexibility index (Phi) is 3.75. The highest BCUT2D eigenvalue weighted by Crippen LogP contribution is 2.40. The van der Waals surface area contributed by atoms with Gasteiger partial charge in [0.05, 0.1) is 14.2 Å². The van der Waals surface area contributed by atoms with Gasteiger partial charge in [-0.05, 0) is 26.3 Å². The fourth-order valence-corrected chi connectivity index (χ4v) is 1.96. The molecule has 0 heterocycles. The molecular weight excluding hydrogens is 209 g/mol. The van der Waals surface area contributed by atoms with E-state index in [1.807, 2.05) is 0 Å². The summed E-state index contributed by atoms with van der Waals surface area (Å²) in [6, 6.07) is -0.307. The number of hydrogen-bond donors (Lipinski definition) is 1. The fourth-order valence-electron chi connectivity index (χ4n) is 1.96. The molecule has 1 rings (SSSR count). The minimum absolute atomic E-state index is 0.287. The smallest absolute Gasteiger partial charge is 0.166 e. The summed E-state index contributed by atoms with van der Waals surface area (Å²) in [6.07, 6.45) is 0. The lowest BCUT2D eigenvalue weighted by Gasteiger charge is -2.20. The average Bonchev–Trinajstić information content (AvgIpc) is 2.24. The second-order valence-corrected chi connectivity index (χ2v) is 3.83. The van der Waals surface area contributed by atoms with Crippen LogP contribution in [-0.2, 0) is 0 Å². The highest BCUT2D eigenvalue weighted by Gasteiger charge is 2.23. The predicted octanol–water partition coefficient (Wildman–Crippen LogP) is 2.48. The maximum absolute atomic E-state index is 13.9. The summed E-state index contributed by atoms with van der Waals surface area (Å²) >= 11 is 0. The molecule has 0 radical (unpaired) electrons. The first kappa shape index (κ1) is 12.8. The minimum atomic E-state index is -0.307. The third-order valence-corrected chi connectivity index (χ3v) is 2.72. The van der Waals surface area contributed by atoms with E-state index in [1.165, 1.54) is 14.2 Å². The van der Waals surface area contributed by atoms with E-state index in [-0.39, 0.29) is 11.9 Å². The number of ether oxygens (including phenoxy) is 2. The molecule has 0 aliphatic heterocycles. The van der Waals surface area contributed by atoms with E-state index in [0.29, 0.717) is 28.2 Å². The van der Waals surface area contributed by atoms with Crippen LogP contribution in [0.15, 0.2) is 0 Å². The Morgan fingerprint density at radius 2 is 1.56 bits per heavy atom. The quantitative estimate of drug-likeness (QED) is 0.862. The maximum atomic E-state index is 13.9. The summed E-state index contributed by atoms with van der Waals surface area (Å²) < 4.78 is 24.4. The summed E-state index contributed by atoms with van der Waals surface area (Å²) in [4.78, 5) is 0. The molecule has 1 aromatic rings. The third-order valence-electron chi connectivity index (χ3n) is 2.72. The molecule has 0 aliphatic rings. The molecule has 4 heteroatoms. The van der Waals surface area contributed by atoms with E-state index in [9.17, 15) is 4.39 Å². The van der Waals surface area contributed by atoms with Crippen LogP contribution in [0.3, 0.4) is 0 Å². The summed E-state index contributed by atoms with van der Waals surface area (Å²) in [5.74, 6) is 0.650. The van der Waals surface area contributed by atoms with Crippen molar-refractivity contribution in [2.24, 2.45) is 5.73 Å². The number of benzene rings is 1. The van der Waals surface area contributed by atoms with Crippen LogP contribution >= 0.6 is 0 Å². The number of rotatable bonds is 3. The fraction of sp³-hybridized carbons (Fsp3) is 0.500. The van der Waals surface area contributed by atoms with Crippen LogP contribution in [0.1, 0.15) is 29.7 Å². The number of methoxy groups -OCH3 is 2. The minimum Gasteiger partial charge on any atom is -0.492 e. The molecule has 0 saturated heterocycles. The molecule has 1 unspecified atom stereocenters. The van der Waals surface area contributed by atoms with Gasteiger partial charge in [-0.3, -0.25) is 0 Å². The Morgan fingerprint density at radius 3 is 1.94 bits per heavy atom. The number of nitrogens with two attached hydrogens (primary N) is 1. The van der Waals surface area contributed by atoms with Gasteiger partial charge >= 0.3 is 0 Å². The molecule has 3 nitrogen and oxygen atoms in total. The van der Waals surface area contributed by atoms with Crippen molar-refractivity contribution in [1.29, 1.82) is 0 Å². The predicted molar refractivity (Wildman–Crippen MR) is 61.6 cm³/mol. The van der Waals surface area contributed by atoms with Gasteiger partial charge in [0.15, 0.2) is 11.5 Å². The van der Waals surface area contributed by atoms with E-state index < -0.39 is 0 Å². The van der Waals surface area contributed by atoms with Gasteiger partial charge in [-0.15, -0.1) is 0 Å². The van der Waals surface area contributed by atoms with Gasteiger partial charge in [-0.25, -0.2) is 4.39 Å². The number of hydrogen-bond acceptors (Lipinski definition) is 3. The van der Waals surface area contributed by atoms with Gasteiger partial charge in [0.2, 0.25) is 0 Å². The van der Waals surface area contributed by atoms with Gasteiger partial charge < -0.3 is 15.2 Å². The van der Waals surface area contributed by atoms with E-state index in [2.05, 4.69) is 0 Å². The lowest BCUT2D eigenvalue weighted by Crippen LogP contribution is -2.12. The zero-order chi connectivity index (χ0) is 12.5. The molecule has 0 spiro atoms. The van der Waals surface area contributed by atoms with Crippen LogP contribution < -0.4 is 15.2 Å². The lowest BCUT2D eigenvalue weighted by atomic mass is 9.97. The number of halogens is 1. The molecule has 0 aromatic heterocycles. The first-order valence-corrected chi connectivity index (χ1v) is 5.11. The Labute approximate surface area is 95.4 Å². The molecular formula is C12H18FNO2. The molecule has 16 heavy (non-hydrogen) atoms. The zero-order valence-corrected chi connectivity index (χ0v) is 10.3. The Hall–Kier alpha value is -1.29. The van der Waals surface area contributed by atoms with Gasteiger partial charge in [-0.2, -0.15) is 0 Å². The first-order valence-electron chi connectivity index (χ1n) is 5.11.